The van der Waals surface area contributed by atoms with Gasteiger partial charge in [-0.25, -0.2) is 0 Å². The van der Waals surface area contributed by atoms with Gasteiger partial charge in [-0.3, -0.25) is 0 Å². The first-order valence-corrected chi connectivity index (χ1v) is 6.73. The molecule has 2 unspecified atom stereocenters. The molecule has 0 radical (unpaired) electrons. The Kier molecular flexibility index (Phi) is 4.64. The average molecular weight is 259 g/mol. The van der Waals surface area contributed by atoms with Crippen LogP contribution in [0.3, 0.4) is 0 Å². The summed E-state index contributed by atoms with van der Waals surface area (Å²) in [6.07, 6.45) is 0.539. The number of anilines is 1. The molecular formula is C15H21N3O. The van der Waals surface area contributed by atoms with Crippen molar-refractivity contribution in [2.24, 2.45) is 5.92 Å². The minimum absolute atomic E-state index is 0.224. The van der Waals surface area contributed by atoms with E-state index >= 15 is 0 Å². The molecule has 1 fully saturated rings. The van der Waals surface area contributed by atoms with E-state index in [0.29, 0.717) is 12.3 Å². The Balaban J connectivity index is 2.27. The van der Waals surface area contributed by atoms with Crippen molar-refractivity contribution in [3.05, 3.63) is 24.3 Å². The Morgan fingerprint density at radius 1 is 1.47 bits per heavy atom. The molecule has 19 heavy (non-hydrogen) atoms. The molecule has 0 amide bonds. The van der Waals surface area contributed by atoms with Gasteiger partial charge in [0.25, 0.3) is 0 Å². The Hall–Kier alpha value is -1.73. The molecule has 1 aliphatic rings. The second-order valence-electron chi connectivity index (χ2n) is 5.13. The van der Waals surface area contributed by atoms with Gasteiger partial charge in [-0.1, -0.05) is 13.0 Å². The third kappa shape index (κ3) is 3.39. The van der Waals surface area contributed by atoms with Crippen LogP contribution >= 0.6 is 0 Å². The van der Waals surface area contributed by atoms with Crippen LogP contribution in [-0.4, -0.2) is 32.8 Å². The molecule has 0 aliphatic carbocycles. The molecule has 1 N–H and O–H groups in total. The lowest BCUT2D eigenvalue weighted by atomic mass is 10.1. The van der Waals surface area contributed by atoms with E-state index in [1.165, 1.54) is 0 Å². The predicted molar refractivity (Wildman–Crippen MR) is 76.4 cm³/mol. The number of methoxy groups -OCH3 is 1. The molecule has 0 saturated carbocycles. The molecule has 4 heteroatoms. The van der Waals surface area contributed by atoms with Crippen LogP contribution in [0.15, 0.2) is 24.3 Å². The van der Waals surface area contributed by atoms with Crippen LogP contribution in [0.2, 0.25) is 0 Å². The highest BCUT2D eigenvalue weighted by Gasteiger charge is 2.24. The van der Waals surface area contributed by atoms with Crippen LogP contribution in [0.5, 0.6) is 5.75 Å². The largest absolute Gasteiger partial charge is 0.497 e. The van der Waals surface area contributed by atoms with E-state index < -0.39 is 0 Å². The van der Waals surface area contributed by atoms with Crippen molar-refractivity contribution >= 4 is 5.69 Å². The highest BCUT2D eigenvalue weighted by molar-refractivity contribution is 5.52. The fraction of sp³-hybridized carbons (Fsp3) is 0.533. The molecule has 1 saturated heterocycles. The lowest BCUT2D eigenvalue weighted by Gasteiger charge is -2.31. The van der Waals surface area contributed by atoms with Crippen LogP contribution in [0, 0.1) is 17.2 Å². The SMILES string of the molecule is COc1cccc(N2CC(C)CNCC2CC#N)c1. The van der Waals surface area contributed by atoms with E-state index in [0.717, 1.165) is 31.1 Å². The van der Waals surface area contributed by atoms with Gasteiger partial charge in [0, 0.05) is 24.8 Å². The van der Waals surface area contributed by atoms with Gasteiger partial charge >= 0.3 is 0 Å². The highest BCUT2D eigenvalue weighted by atomic mass is 16.5. The third-order valence-corrected chi connectivity index (χ3v) is 3.53. The fourth-order valence-corrected chi connectivity index (χ4v) is 2.55. The van der Waals surface area contributed by atoms with E-state index in [4.69, 9.17) is 10.00 Å². The quantitative estimate of drug-likeness (QED) is 0.902. The number of nitrogens with one attached hydrogen (secondary N) is 1. The summed E-state index contributed by atoms with van der Waals surface area (Å²) >= 11 is 0. The van der Waals surface area contributed by atoms with Crippen molar-refractivity contribution in [1.29, 1.82) is 5.26 Å². The van der Waals surface area contributed by atoms with Crippen molar-refractivity contribution in [2.45, 2.75) is 19.4 Å². The minimum Gasteiger partial charge on any atom is -0.497 e. The Morgan fingerprint density at radius 2 is 2.32 bits per heavy atom. The summed E-state index contributed by atoms with van der Waals surface area (Å²) in [6, 6.07) is 10.6. The molecule has 0 aromatic heterocycles. The second-order valence-corrected chi connectivity index (χ2v) is 5.13. The van der Waals surface area contributed by atoms with E-state index in [1.54, 1.807) is 7.11 Å². The van der Waals surface area contributed by atoms with Crippen LogP contribution in [-0.2, 0) is 0 Å². The average Bonchev–Trinajstić information content (AvgIpc) is 2.61. The van der Waals surface area contributed by atoms with Crippen molar-refractivity contribution in [3.8, 4) is 11.8 Å². The lowest BCUT2D eigenvalue weighted by molar-refractivity contribution is 0.414. The summed E-state index contributed by atoms with van der Waals surface area (Å²) in [5.74, 6) is 1.42. The van der Waals surface area contributed by atoms with Crippen molar-refractivity contribution in [2.75, 3.05) is 31.6 Å². The highest BCUT2D eigenvalue weighted by Crippen LogP contribution is 2.25. The minimum atomic E-state index is 0.224. The number of nitrogens with zero attached hydrogens (tertiary/aromatic N) is 2. The van der Waals surface area contributed by atoms with Gasteiger partial charge in [0.15, 0.2) is 0 Å². The summed E-state index contributed by atoms with van der Waals surface area (Å²) in [6.45, 7) is 5.05. The molecule has 0 spiro atoms. The van der Waals surface area contributed by atoms with Gasteiger partial charge < -0.3 is 15.0 Å². The molecular weight excluding hydrogens is 238 g/mol. The maximum absolute atomic E-state index is 9.01. The second kappa shape index (κ2) is 6.44. The summed E-state index contributed by atoms with van der Waals surface area (Å²) in [4.78, 5) is 2.33. The zero-order valence-corrected chi connectivity index (χ0v) is 11.6. The molecule has 1 aromatic carbocycles. The normalized spacial score (nSPS) is 23.5. The fourth-order valence-electron chi connectivity index (χ4n) is 2.55. The lowest BCUT2D eigenvalue weighted by Crippen LogP contribution is -2.40. The van der Waals surface area contributed by atoms with Crippen LogP contribution in [0.4, 0.5) is 5.69 Å². The number of hydrogen-bond donors (Lipinski definition) is 1. The Labute approximate surface area is 115 Å². The topological polar surface area (TPSA) is 48.3 Å². The zero-order chi connectivity index (χ0) is 13.7. The maximum Gasteiger partial charge on any atom is 0.120 e. The number of nitriles is 1. The van der Waals surface area contributed by atoms with Crippen molar-refractivity contribution in [3.63, 3.8) is 0 Å². The first-order valence-electron chi connectivity index (χ1n) is 6.73. The first-order chi connectivity index (χ1) is 9.24. The number of hydrogen-bond acceptors (Lipinski definition) is 4. The van der Waals surface area contributed by atoms with Gasteiger partial charge in [0.2, 0.25) is 0 Å². The summed E-state index contributed by atoms with van der Waals surface area (Å²) in [5, 5.41) is 12.4. The van der Waals surface area contributed by atoms with E-state index in [-0.39, 0.29) is 6.04 Å². The Bertz CT molecular complexity index is 455. The van der Waals surface area contributed by atoms with Crippen LogP contribution in [0.1, 0.15) is 13.3 Å². The molecule has 2 rings (SSSR count). The van der Waals surface area contributed by atoms with E-state index in [2.05, 4.69) is 29.3 Å². The molecule has 102 valence electrons. The van der Waals surface area contributed by atoms with Crippen molar-refractivity contribution in [1.82, 2.24) is 5.32 Å². The predicted octanol–water partition coefficient (Wildman–Crippen LogP) is 2.02. The van der Waals surface area contributed by atoms with Gasteiger partial charge in [-0.2, -0.15) is 5.26 Å². The van der Waals surface area contributed by atoms with Gasteiger partial charge in [-0.15, -0.1) is 0 Å². The number of rotatable bonds is 3. The third-order valence-electron chi connectivity index (χ3n) is 3.53. The van der Waals surface area contributed by atoms with Gasteiger partial charge in [-0.05, 0) is 24.6 Å². The standard InChI is InChI=1S/C15H21N3O/c1-12-9-17-10-14(6-7-16)18(11-12)13-4-3-5-15(8-13)19-2/h3-5,8,12,14,17H,6,9-11H2,1-2H3. The summed E-state index contributed by atoms with van der Waals surface area (Å²) < 4.78 is 5.29. The summed E-state index contributed by atoms with van der Waals surface area (Å²) in [5.41, 5.74) is 1.13. The van der Waals surface area contributed by atoms with E-state index in [9.17, 15) is 0 Å². The Morgan fingerprint density at radius 3 is 3.05 bits per heavy atom. The molecule has 1 heterocycles. The molecule has 2 atom stereocenters. The maximum atomic E-state index is 9.01. The molecule has 4 nitrogen and oxygen atoms in total. The zero-order valence-electron chi connectivity index (χ0n) is 11.6. The molecule has 0 bridgehead atoms. The van der Waals surface area contributed by atoms with Crippen LogP contribution in [0.25, 0.3) is 0 Å². The number of benzene rings is 1. The van der Waals surface area contributed by atoms with Crippen LogP contribution < -0.4 is 15.0 Å². The van der Waals surface area contributed by atoms with Gasteiger partial charge in [0.1, 0.15) is 5.75 Å². The monoisotopic (exact) mass is 259 g/mol. The summed E-state index contributed by atoms with van der Waals surface area (Å²) in [7, 11) is 1.68. The molecule has 1 aliphatic heterocycles. The first kappa shape index (κ1) is 13.7. The van der Waals surface area contributed by atoms with Crippen molar-refractivity contribution < 1.29 is 4.74 Å². The number of ether oxygens (including phenoxy) is 1. The van der Waals surface area contributed by atoms with E-state index in [1.807, 2.05) is 18.2 Å². The van der Waals surface area contributed by atoms with Gasteiger partial charge in [0.05, 0.1) is 25.6 Å². The molecule has 1 aromatic rings. The smallest absolute Gasteiger partial charge is 0.120 e.